The van der Waals surface area contributed by atoms with Gasteiger partial charge >= 0.3 is 0 Å². The molecular formula is C27H20N2. The van der Waals surface area contributed by atoms with Crippen LogP contribution < -0.4 is 0 Å². The van der Waals surface area contributed by atoms with Gasteiger partial charge in [0.25, 0.3) is 0 Å². The lowest BCUT2D eigenvalue weighted by Gasteiger charge is -2.35. The SMILES string of the molecule is CC1(C)c2cc3ncccc3cc2-c2nccc3cc(-c4ccccc4)cc1c23. The van der Waals surface area contributed by atoms with Gasteiger partial charge in [-0.3, -0.25) is 9.97 Å². The van der Waals surface area contributed by atoms with E-state index in [1.165, 1.54) is 38.6 Å². The second-order valence-electron chi connectivity index (χ2n) is 8.37. The zero-order valence-corrected chi connectivity index (χ0v) is 16.5. The van der Waals surface area contributed by atoms with E-state index < -0.39 is 0 Å². The van der Waals surface area contributed by atoms with Crippen molar-refractivity contribution in [2.75, 3.05) is 0 Å². The molecule has 2 heterocycles. The zero-order valence-electron chi connectivity index (χ0n) is 16.5. The van der Waals surface area contributed by atoms with Gasteiger partial charge in [-0.25, -0.2) is 0 Å². The predicted octanol–water partition coefficient (Wildman–Crippen LogP) is 6.76. The van der Waals surface area contributed by atoms with E-state index in [1.54, 1.807) is 0 Å². The highest BCUT2D eigenvalue weighted by atomic mass is 14.7. The Morgan fingerprint density at radius 1 is 0.655 bits per heavy atom. The van der Waals surface area contributed by atoms with Gasteiger partial charge in [0.05, 0.1) is 11.2 Å². The molecule has 29 heavy (non-hydrogen) atoms. The molecule has 0 spiro atoms. The molecule has 0 N–H and O–H groups in total. The molecule has 0 amide bonds. The van der Waals surface area contributed by atoms with Gasteiger partial charge in [-0.15, -0.1) is 0 Å². The minimum atomic E-state index is -0.139. The smallest absolute Gasteiger partial charge is 0.0786 e. The first-order valence-corrected chi connectivity index (χ1v) is 10.0. The third-order valence-electron chi connectivity index (χ3n) is 6.31. The van der Waals surface area contributed by atoms with Crippen LogP contribution in [0, 0.1) is 0 Å². The van der Waals surface area contributed by atoms with E-state index in [0.717, 1.165) is 16.6 Å². The third kappa shape index (κ3) is 2.29. The Balaban J connectivity index is 1.74. The van der Waals surface area contributed by atoms with Crippen LogP contribution >= 0.6 is 0 Å². The molecule has 138 valence electrons. The summed E-state index contributed by atoms with van der Waals surface area (Å²) >= 11 is 0. The van der Waals surface area contributed by atoms with Crippen molar-refractivity contribution in [2.45, 2.75) is 19.3 Å². The molecule has 1 aliphatic carbocycles. The van der Waals surface area contributed by atoms with E-state index in [-0.39, 0.29) is 5.41 Å². The highest BCUT2D eigenvalue weighted by Gasteiger charge is 2.35. The second kappa shape index (κ2) is 5.74. The largest absolute Gasteiger partial charge is 0.256 e. The van der Waals surface area contributed by atoms with Crippen molar-refractivity contribution < 1.29 is 0 Å². The molecule has 0 aliphatic heterocycles. The van der Waals surface area contributed by atoms with Crippen LogP contribution in [0.15, 0.2) is 85.2 Å². The summed E-state index contributed by atoms with van der Waals surface area (Å²) in [6.07, 6.45) is 3.80. The van der Waals surface area contributed by atoms with Crippen LogP contribution in [0.2, 0.25) is 0 Å². The molecule has 5 aromatic rings. The third-order valence-corrected chi connectivity index (χ3v) is 6.31. The van der Waals surface area contributed by atoms with Gasteiger partial charge in [-0.2, -0.15) is 0 Å². The topological polar surface area (TPSA) is 25.8 Å². The van der Waals surface area contributed by atoms with Crippen LogP contribution in [0.1, 0.15) is 25.0 Å². The molecule has 1 aliphatic rings. The van der Waals surface area contributed by atoms with Crippen molar-refractivity contribution in [2.24, 2.45) is 0 Å². The summed E-state index contributed by atoms with van der Waals surface area (Å²) < 4.78 is 0. The first-order valence-electron chi connectivity index (χ1n) is 10.0. The Labute approximate surface area is 169 Å². The quantitative estimate of drug-likeness (QED) is 0.325. The molecule has 2 aromatic heterocycles. The fraction of sp³-hybridized carbons (Fsp3) is 0.111. The molecule has 0 atom stereocenters. The Hall–Kier alpha value is -3.52. The Morgan fingerprint density at radius 3 is 2.38 bits per heavy atom. The molecular weight excluding hydrogens is 352 g/mol. The van der Waals surface area contributed by atoms with Gasteiger partial charge in [0.2, 0.25) is 0 Å². The van der Waals surface area contributed by atoms with E-state index in [4.69, 9.17) is 4.98 Å². The maximum atomic E-state index is 4.83. The fourth-order valence-electron chi connectivity index (χ4n) is 4.79. The van der Waals surface area contributed by atoms with Gasteiger partial charge in [-0.1, -0.05) is 50.2 Å². The predicted molar refractivity (Wildman–Crippen MR) is 120 cm³/mol. The van der Waals surface area contributed by atoms with Crippen LogP contribution in [0.3, 0.4) is 0 Å². The summed E-state index contributed by atoms with van der Waals surface area (Å²) in [6.45, 7) is 4.64. The summed E-state index contributed by atoms with van der Waals surface area (Å²) in [7, 11) is 0. The molecule has 0 saturated heterocycles. The average molecular weight is 372 g/mol. The summed E-state index contributed by atoms with van der Waals surface area (Å²) in [4.78, 5) is 9.44. The van der Waals surface area contributed by atoms with Gasteiger partial charge in [-0.05, 0) is 64.0 Å². The standard InChI is InChI=1S/C27H20N2/c1-27(2)22-16-24-18(9-6-11-28-24)14-21(22)26-25-19(10-12-29-26)13-20(15-23(25)27)17-7-4-3-5-8-17/h3-16H,1-2H3. The molecule has 0 bridgehead atoms. The number of aromatic nitrogens is 2. The lowest BCUT2D eigenvalue weighted by atomic mass is 9.69. The van der Waals surface area contributed by atoms with E-state index in [0.29, 0.717) is 0 Å². The minimum absolute atomic E-state index is 0.139. The highest BCUT2D eigenvalue weighted by molar-refractivity contribution is 6.05. The van der Waals surface area contributed by atoms with Crippen LogP contribution in [0.5, 0.6) is 0 Å². The second-order valence-corrected chi connectivity index (χ2v) is 8.37. The number of rotatable bonds is 1. The van der Waals surface area contributed by atoms with Crippen molar-refractivity contribution in [3.8, 4) is 22.4 Å². The van der Waals surface area contributed by atoms with E-state index in [9.17, 15) is 0 Å². The summed E-state index contributed by atoms with van der Waals surface area (Å²) in [5, 5.41) is 3.68. The molecule has 0 unspecified atom stereocenters. The lowest BCUT2D eigenvalue weighted by molar-refractivity contribution is 0.645. The maximum Gasteiger partial charge on any atom is 0.0786 e. The van der Waals surface area contributed by atoms with Gasteiger partial charge in [0.1, 0.15) is 0 Å². The van der Waals surface area contributed by atoms with Crippen LogP contribution in [-0.2, 0) is 5.41 Å². The van der Waals surface area contributed by atoms with Crippen molar-refractivity contribution in [3.05, 3.63) is 96.3 Å². The number of benzene rings is 3. The molecule has 0 saturated carbocycles. The van der Waals surface area contributed by atoms with Gasteiger partial charge in [0.15, 0.2) is 0 Å². The van der Waals surface area contributed by atoms with Crippen molar-refractivity contribution in [1.29, 1.82) is 0 Å². The summed E-state index contributed by atoms with van der Waals surface area (Å²) in [6, 6.07) is 26.0. The molecule has 6 rings (SSSR count). The normalized spacial score (nSPS) is 14.1. The van der Waals surface area contributed by atoms with E-state index in [2.05, 4.69) is 85.6 Å². The zero-order chi connectivity index (χ0) is 19.6. The van der Waals surface area contributed by atoms with Crippen LogP contribution in [-0.4, -0.2) is 9.97 Å². The molecule has 3 aromatic carbocycles. The van der Waals surface area contributed by atoms with Crippen LogP contribution in [0.4, 0.5) is 0 Å². The number of hydrogen-bond donors (Lipinski definition) is 0. The average Bonchev–Trinajstić information content (AvgIpc) is 2.77. The minimum Gasteiger partial charge on any atom is -0.256 e. The van der Waals surface area contributed by atoms with Crippen molar-refractivity contribution >= 4 is 21.7 Å². The van der Waals surface area contributed by atoms with Crippen LogP contribution in [0.25, 0.3) is 44.1 Å². The van der Waals surface area contributed by atoms with Crippen molar-refractivity contribution in [1.82, 2.24) is 9.97 Å². The van der Waals surface area contributed by atoms with Gasteiger partial charge in [0, 0.05) is 34.1 Å². The Bertz CT molecular complexity index is 1420. The summed E-state index contributed by atoms with van der Waals surface area (Å²) in [5.74, 6) is 0. The first-order chi connectivity index (χ1) is 14.1. The summed E-state index contributed by atoms with van der Waals surface area (Å²) in [5.41, 5.74) is 8.32. The lowest BCUT2D eigenvalue weighted by Crippen LogP contribution is -2.24. The maximum absolute atomic E-state index is 4.83. The Kier molecular flexibility index (Phi) is 3.25. The van der Waals surface area contributed by atoms with Gasteiger partial charge < -0.3 is 0 Å². The van der Waals surface area contributed by atoms with E-state index in [1.807, 2.05) is 18.5 Å². The first kappa shape index (κ1) is 16.4. The molecule has 2 nitrogen and oxygen atoms in total. The molecule has 0 fully saturated rings. The monoisotopic (exact) mass is 372 g/mol. The number of fused-ring (bicyclic) bond motifs is 3. The molecule has 2 heteroatoms. The number of hydrogen-bond acceptors (Lipinski definition) is 2. The number of nitrogens with zero attached hydrogens (tertiary/aromatic N) is 2. The Morgan fingerprint density at radius 2 is 1.52 bits per heavy atom. The molecule has 0 radical (unpaired) electrons. The number of pyridine rings is 2. The van der Waals surface area contributed by atoms with E-state index >= 15 is 0 Å². The fourth-order valence-corrected chi connectivity index (χ4v) is 4.79. The highest BCUT2D eigenvalue weighted by Crippen LogP contribution is 2.49. The van der Waals surface area contributed by atoms with Crippen molar-refractivity contribution in [3.63, 3.8) is 0 Å².